The third-order valence-corrected chi connectivity index (χ3v) is 11.3. The topological polar surface area (TPSA) is 254 Å². The number of likely N-dealkylation sites (tertiary alicyclic amines) is 1. The average molecular weight is 839 g/mol. The van der Waals surface area contributed by atoms with Crippen LogP contribution in [0.1, 0.15) is 106 Å². The SMILES string of the molecule is CC(C)(O)c1cnnn1[C@H]1C[C@@H](C(=O)NC(CCCCNC(=O)OCc2ccccc2)C(=O)C(N)=O)N(C(=O)[C@@H](CC2CCCCC2)NC(=O)c2ccnc3cccnc23)C1. The first-order valence-electron chi connectivity index (χ1n) is 20.8. The standard InChI is InChI=1S/C43H54N10O8/c1-43(2,60)35-24-48-51-53(35)29-23-34(40(57)49-32(37(54)38(44)55)16-9-10-19-47-42(59)61-26-28-14-7-4-8-15-28)52(25-29)41(58)33(22-27-12-5-3-6-13-27)50-39(56)30-18-21-45-31-17-11-20-46-36(30)31/h4,7-8,11,14-15,17-18,20-21,24,27,29,32-34,60H,3,5-6,9-10,12-13,16,19,22-23,25-26H2,1-2H3,(H2,44,55)(H,47,59)(H,49,57)(H,50,56)/t29-,32?,33+,34-/m0/s1. The lowest BCUT2D eigenvalue weighted by molar-refractivity contribution is -0.142. The highest BCUT2D eigenvalue weighted by atomic mass is 16.5. The van der Waals surface area contributed by atoms with Crippen molar-refractivity contribution < 1.29 is 38.6 Å². The number of nitrogens with two attached hydrogens (primary N) is 1. The van der Waals surface area contributed by atoms with Crippen LogP contribution in [-0.4, -0.2) is 102 Å². The van der Waals surface area contributed by atoms with Crippen molar-refractivity contribution >= 4 is 46.5 Å². The molecule has 1 unspecified atom stereocenters. The third-order valence-electron chi connectivity index (χ3n) is 11.3. The van der Waals surface area contributed by atoms with Crippen molar-refractivity contribution in [2.24, 2.45) is 11.7 Å². The molecule has 18 nitrogen and oxygen atoms in total. The number of Topliss-reactive ketones (excluding diaryl/α,β-unsaturated/α-hetero) is 1. The Labute approximate surface area is 353 Å². The van der Waals surface area contributed by atoms with Crippen LogP contribution in [0.25, 0.3) is 11.0 Å². The van der Waals surface area contributed by atoms with Gasteiger partial charge in [0, 0.05) is 31.9 Å². The molecule has 4 heterocycles. The molecule has 1 aromatic carbocycles. The lowest BCUT2D eigenvalue weighted by Crippen LogP contribution is -2.56. The van der Waals surface area contributed by atoms with Gasteiger partial charge in [-0.05, 0) is 69.2 Å². The first-order valence-corrected chi connectivity index (χ1v) is 20.8. The molecule has 2 aliphatic rings. The van der Waals surface area contributed by atoms with E-state index in [2.05, 4.69) is 36.2 Å². The minimum absolute atomic E-state index is 0.0125. The molecule has 6 rings (SSSR count). The maximum absolute atomic E-state index is 14.9. The molecule has 5 amide bonds. The summed E-state index contributed by atoms with van der Waals surface area (Å²) < 4.78 is 6.73. The summed E-state index contributed by atoms with van der Waals surface area (Å²) in [6.45, 7) is 3.40. The van der Waals surface area contributed by atoms with Gasteiger partial charge < -0.3 is 36.4 Å². The van der Waals surface area contributed by atoms with Crippen LogP contribution in [0.3, 0.4) is 0 Å². The quantitative estimate of drug-likeness (QED) is 0.0717. The molecule has 4 atom stereocenters. The molecule has 1 saturated carbocycles. The number of hydrogen-bond donors (Lipinski definition) is 5. The summed E-state index contributed by atoms with van der Waals surface area (Å²) in [5, 5.41) is 27.5. The number of carbonyl (C=O) groups excluding carboxylic acids is 6. The molecule has 1 saturated heterocycles. The summed E-state index contributed by atoms with van der Waals surface area (Å²) in [6.07, 6.45) is 9.71. The minimum Gasteiger partial charge on any atom is -0.445 e. The maximum atomic E-state index is 14.9. The van der Waals surface area contributed by atoms with Crippen LogP contribution in [0.5, 0.6) is 0 Å². The van der Waals surface area contributed by atoms with Gasteiger partial charge in [0.1, 0.15) is 29.8 Å². The Morgan fingerprint density at radius 3 is 2.44 bits per heavy atom. The van der Waals surface area contributed by atoms with E-state index < -0.39 is 65.3 Å². The number of aliphatic hydroxyl groups is 1. The number of unbranched alkanes of at least 4 members (excludes halogenated alkanes) is 1. The van der Waals surface area contributed by atoms with Gasteiger partial charge in [-0.25, -0.2) is 9.48 Å². The molecule has 0 spiro atoms. The molecule has 324 valence electrons. The molecular weight excluding hydrogens is 785 g/mol. The normalized spacial score (nSPS) is 17.9. The van der Waals surface area contributed by atoms with Crippen molar-refractivity contribution in [1.82, 2.24) is 45.8 Å². The number of ether oxygens (including phenoxy) is 1. The van der Waals surface area contributed by atoms with Crippen LogP contribution in [0.2, 0.25) is 0 Å². The first-order chi connectivity index (χ1) is 29.3. The molecule has 3 aromatic heterocycles. The number of nitrogens with one attached hydrogen (secondary N) is 3. The maximum Gasteiger partial charge on any atom is 0.407 e. The van der Waals surface area contributed by atoms with Gasteiger partial charge >= 0.3 is 6.09 Å². The van der Waals surface area contributed by atoms with E-state index in [0.717, 1.165) is 37.7 Å². The number of primary amides is 1. The Bertz CT molecular complexity index is 2180. The fraction of sp³-hybridized carbons (Fsp3) is 0.488. The highest BCUT2D eigenvalue weighted by molar-refractivity contribution is 6.37. The van der Waals surface area contributed by atoms with Crippen molar-refractivity contribution in [2.75, 3.05) is 13.1 Å². The van der Waals surface area contributed by atoms with Crippen LogP contribution in [0.4, 0.5) is 4.79 Å². The number of benzene rings is 1. The number of nitrogens with zero attached hydrogens (tertiary/aromatic N) is 6. The summed E-state index contributed by atoms with van der Waals surface area (Å²) in [4.78, 5) is 90.9. The Morgan fingerprint density at radius 1 is 0.934 bits per heavy atom. The van der Waals surface area contributed by atoms with Crippen LogP contribution in [0.15, 0.2) is 67.1 Å². The van der Waals surface area contributed by atoms with Gasteiger partial charge in [0.2, 0.25) is 17.6 Å². The molecule has 4 aromatic rings. The van der Waals surface area contributed by atoms with Crippen molar-refractivity contribution in [3.8, 4) is 0 Å². The second-order valence-electron chi connectivity index (χ2n) is 16.3. The highest BCUT2D eigenvalue weighted by Crippen LogP contribution is 2.34. The molecule has 6 N–H and O–H groups in total. The lowest BCUT2D eigenvalue weighted by Gasteiger charge is -2.32. The smallest absolute Gasteiger partial charge is 0.407 e. The van der Waals surface area contributed by atoms with Gasteiger partial charge in [0.15, 0.2) is 0 Å². The van der Waals surface area contributed by atoms with Crippen molar-refractivity contribution in [1.29, 1.82) is 0 Å². The summed E-state index contributed by atoms with van der Waals surface area (Å²) in [6, 6.07) is 9.99. The predicted octanol–water partition coefficient (Wildman–Crippen LogP) is 3.00. The lowest BCUT2D eigenvalue weighted by atomic mass is 9.84. The minimum atomic E-state index is -1.37. The molecular formula is C43H54N10O8. The second kappa shape index (κ2) is 20.3. The molecule has 2 fully saturated rings. The van der Waals surface area contributed by atoms with Gasteiger partial charge in [0.25, 0.3) is 11.8 Å². The van der Waals surface area contributed by atoms with Crippen LogP contribution in [0, 0.1) is 5.92 Å². The number of rotatable bonds is 18. The Hall–Kier alpha value is -6.30. The van der Waals surface area contributed by atoms with Crippen LogP contribution >= 0.6 is 0 Å². The van der Waals surface area contributed by atoms with Gasteiger partial charge in [-0.3, -0.25) is 33.9 Å². The molecule has 18 heteroatoms. The zero-order valence-electron chi connectivity index (χ0n) is 34.5. The van der Waals surface area contributed by atoms with Gasteiger partial charge in [-0.1, -0.05) is 67.6 Å². The van der Waals surface area contributed by atoms with Crippen LogP contribution < -0.4 is 21.7 Å². The summed E-state index contributed by atoms with van der Waals surface area (Å²) in [5.41, 5.74) is 6.37. The first kappa shape index (κ1) is 44.3. The third kappa shape index (κ3) is 11.5. The van der Waals surface area contributed by atoms with E-state index in [1.807, 2.05) is 30.3 Å². The van der Waals surface area contributed by atoms with Crippen LogP contribution in [-0.2, 0) is 36.1 Å². The van der Waals surface area contributed by atoms with E-state index in [1.165, 1.54) is 22.0 Å². The van der Waals surface area contributed by atoms with E-state index in [-0.39, 0.29) is 44.0 Å². The van der Waals surface area contributed by atoms with E-state index in [1.54, 1.807) is 38.2 Å². The van der Waals surface area contributed by atoms with Crippen molar-refractivity contribution in [2.45, 2.75) is 114 Å². The summed E-state index contributed by atoms with van der Waals surface area (Å²) in [7, 11) is 0. The zero-order chi connectivity index (χ0) is 43.5. The number of hydrogen-bond acceptors (Lipinski definition) is 12. The number of carbonyl (C=O) groups is 6. The molecule has 1 aliphatic carbocycles. The highest BCUT2D eigenvalue weighted by Gasteiger charge is 2.45. The summed E-state index contributed by atoms with van der Waals surface area (Å²) in [5.74, 6) is -3.87. The van der Waals surface area contributed by atoms with Gasteiger partial charge in [-0.15, -0.1) is 5.10 Å². The number of ketones is 1. The number of amides is 5. The average Bonchev–Trinajstić information content (AvgIpc) is 3.94. The molecule has 1 aliphatic heterocycles. The Kier molecular flexibility index (Phi) is 14.7. The predicted molar refractivity (Wildman–Crippen MR) is 221 cm³/mol. The number of fused-ring (bicyclic) bond motifs is 1. The van der Waals surface area contributed by atoms with E-state index in [4.69, 9.17) is 10.5 Å². The fourth-order valence-electron chi connectivity index (χ4n) is 8.16. The van der Waals surface area contributed by atoms with E-state index >= 15 is 0 Å². The van der Waals surface area contributed by atoms with Crippen molar-refractivity contribution in [3.63, 3.8) is 0 Å². The Balaban J connectivity index is 1.20. The zero-order valence-corrected chi connectivity index (χ0v) is 34.5. The molecule has 61 heavy (non-hydrogen) atoms. The fourth-order valence-corrected chi connectivity index (χ4v) is 8.16. The summed E-state index contributed by atoms with van der Waals surface area (Å²) >= 11 is 0. The van der Waals surface area contributed by atoms with Crippen molar-refractivity contribution in [3.05, 3.63) is 83.9 Å². The Morgan fingerprint density at radius 2 is 1.70 bits per heavy atom. The monoisotopic (exact) mass is 838 g/mol. The van der Waals surface area contributed by atoms with E-state index in [0.29, 0.717) is 36.0 Å². The number of aromatic nitrogens is 5. The molecule has 0 radical (unpaired) electrons. The largest absolute Gasteiger partial charge is 0.445 e. The van der Waals surface area contributed by atoms with E-state index in [9.17, 15) is 33.9 Å². The van der Waals surface area contributed by atoms with Gasteiger partial charge in [-0.2, -0.15) is 0 Å². The molecule has 0 bridgehead atoms. The second-order valence-corrected chi connectivity index (χ2v) is 16.3. The number of alkyl carbamates (subject to hydrolysis) is 1. The number of pyridine rings is 2. The van der Waals surface area contributed by atoms with Gasteiger partial charge in [0.05, 0.1) is 35.1 Å².